The number of halogens is 2. The minimum Gasteiger partial charge on any atom is -0.466 e. The highest BCUT2D eigenvalue weighted by molar-refractivity contribution is 14.1. The van der Waals surface area contributed by atoms with Crippen molar-refractivity contribution in [3.8, 4) is 0 Å². The minimum atomic E-state index is -0.594. The number of imidazole rings is 2. The lowest BCUT2D eigenvalue weighted by Gasteiger charge is -2.13. The van der Waals surface area contributed by atoms with E-state index in [-0.39, 0.29) is 31.2 Å². The maximum Gasteiger partial charge on any atom is 0.308 e. The second-order valence-electron chi connectivity index (χ2n) is 9.38. The predicted molar refractivity (Wildman–Crippen MR) is 151 cm³/mol. The molecular formula is C26H24ClIN8O3. The Balaban J connectivity index is 1.24. The van der Waals surface area contributed by atoms with Crippen LogP contribution in [-0.4, -0.2) is 52.2 Å². The third-order valence-electron chi connectivity index (χ3n) is 6.70. The highest BCUT2D eigenvalue weighted by Gasteiger charge is 2.27. The molecular weight excluding hydrogens is 635 g/mol. The molecule has 1 aliphatic carbocycles. The van der Waals surface area contributed by atoms with E-state index < -0.39 is 11.9 Å². The zero-order valence-corrected chi connectivity index (χ0v) is 23.8. The first-order valence-corrected chi connectivity index (χ1v) is 14.0. The van der Waals surface area contributed by atoms with Crippen LogP contribution in [0.1, 0.15) is 65.6 Å². The summed E-state index contributed by atoms with van der Waals surface area (Å²) in [5.74, 6) is -0.203. The number of aromatic nitrogens is 7. The molecule has 11 nitrogen and oxygen atoms in total. The summed E-state index contributed by atoms with van der Waals surface area (Å²) in [5.41, 5.74) is 4.29. The van der Waals surface area contributed by atoms with Gasteiger partial charge in [0, 0.05) is 18.6 Å². The number of pyridine rings is 2. The van der Waals surface area contributed by atoms with Crippen molar-refractivity contribution in [3.63, 3.8) is 0 Å². The van der Waals surface area contributed by atoms with Crippen LogP contribution in [0.15, 0.2) is 49.3 Å². The third kappa shape index (κ3) is 5.22. The number of carbonyl (C=O) groups is 2. The van der Waals surface area contributed by atoms with Gasteiger partial charge in [-0.1, -0.05) is 22.9 Å². The average molecular weight is 659 g/mol. The van der Waals surface area contributed by atoms with Gasteiger partial charge in [-0.2, -0.15) is 0 Å². The summed E-state index contributed by atoms with van der Waals surface area (Å²) in [6, 6.07) is 5.27. The van der Waals surface area contributed by atoms with Crippen molar-refractivity contribution in [3.05, 3.63) is 80.6 Å². The molecule has 13 heteroatoms. The van der Waals surface area contributed by atoms with Gasteiger partial charge in [0.1, 0.15) is 11.7 Å². The number of nitrogens with one attached hydrogen (secondary N) is 1. The van der Waals surface area contributed by atoms with Gasteiger partial charge in [0.15, 0.2) is 5.69 Å². The van der Waals surface area contributed by atoms with Crippen LogP contribution in [0.2, 0.25) is 5.02 Å². The Morgan fingerprint density at radius 2 is 2.05 bits per heavy atom. The Labute approximate surface area is 241 Å². The molecule has 1 saturated carbocycles. The molecule has 0 spiro atoms. The van der Waals surface area contributed by atoms with E-state index in [2.05, 4.69) is 55.5 Å². The first-order valence-electron chi connectivity index (χ1n) is 12.5. The van der Waals surface area contributed by atoms with Gasteiger partial charge < -0.3 is 18.9 Å². The first kappa shape index (κ1) is 25.7. The summed E-state index contributed by atoms with van der Waals surface area (Å²) in [5, 5.41) is 11.7. The fraction of sp³-hybridized carbons (Fsp3) is 0.308. The summed E-state index contributed by atoms with van der Waals surface area (Å²) in [6.07, 6.45) is 11.4. The van der Waals surface area contributed by atoms with Crippen LogP contribution in [0, 0.1) is 3.57 Å². The normalized spacial score (nSPS) is 14.1. The number of amides is 1. The number of fused-ring (bicyclic) bond motifs is 2. The van der Waals surface area contributed by atoms with E-state index in [1.54, 1.807) is 19.3 Å². The van der Waals surface area contributed by atoms with Crippen LogP contribution in [0.25, 0.3) is 11.2 Å². The van der Waals surface area contributed by atoms with E-state index in [1.165, 1.54) is 29.3 Å². The van der Waals surface area contributed by atoms with Gasteiger partial charge in [0.05, 0.1) is 57.6 Å². The number of rotatable bonds is 9. The molecule has 0 radical (unpaired) electrons. The molecule has 5 aromatic rings. The molecule has 1 fully saturated rings. The molecule has 1 unspecified atom stereocenters. The van der Waals surface area contributed by atoms with Crippen LogP contribution in [0.5, 0.6) is 0 Å². The van der Waals surface area contributed by atoms with E-state index in [0.717, 1.165) is 14.7 Å². The van der Waals surface area contributed by atoms with Crippen LogP contribution in [-0.2, 0) is 16.1 Å². The first-order chi connectivity index (χ1) is 18.9. The number of esters is 1. The molecule has 1 N–H and O–H groups in total. The van der Waals surface area contributed by atoms with Crippen molar-refractivity contribution in [1.29, 1.82) is 0 Å². The topological polar surface area (TPSA) is 121 Å². The second-order valence-corrected chi connectivity index (χ2v) is 10.9. The summed E-state index contributed by atoms with van der Waals surface area (Å²) in [6.45, 7) is 2.20. The highest BCUT2D eigenvalue weighted by Crippen LogP contribution is 2.40. The van der Waals surface area contributed by atoms with Crippen LogP contribution >= 0.6 is 34.2 Å². The van der Waals surface area contributed by atoms with Gasteiger partial charge in [-0.25, -0.2) is 14.6 Å². The Bertz CT molecular complexity index is 1710. The molecule has 39 heavy (non-hydrogen) atoms. The van der Waals surface area contributed by atoms with E-state index >= 15 is 0 Å². The number of hydrogen-bond acceptors (Lipinski definition) is 7. The second kappa shape index (κ2) is 10.6. The SMILES string of the molecule is CCOC(=O)CC(c1cn2cc(C3CC3)ccc2n1)n1cc(C(=O)NCc2ncn3ccc(Cl)c(I)c23)nn1. The molecule has 5 heterocycles. The number of hydrogen-bond donors (Lipinski definition) is 1. The van der Waals surface area contributed by atoms with Crippen LogP contribution < -0.4 is 5.32 Å². The lowest BCUT2D eigenvalue weighted by Crippen LogP contribution is -2.23. The zero-order valence-electron chi connectivity index (χ0n) is 20.9. The maximum atomic E-state index is 13.0. The highest BCUT2D eigenvalue weighted by atomic mass is 127. The Morgan fingerprint density at radius 1 is 1.21 bits per heavy atom. The molecule has 1 amide bonds. The predicted octanol–water partition coefficient (Wildman–Crippen LogP) is 4.18. The Morgan fingerprint density at radius 3 is 2.85 bits per heavy atom. The Hall–Kier alpha value is -3.52. The fourth-order valence-corrected chi connectivity index (χ4v) is 5.48. The van der Waals surface area contributed by atoms with Gasteiger partial charge in [-0.05, 0) is 66.0 Å². The fourth-order valence-electron chi connectivity index (χ4n) is 4.56. The molecule has 0 aliphatic heterocycles. The molecule has 1 atom stereocenters. The van der Waals surface area contributed by atoms with Crippen molar-refractivity contribution in [2.45, 2.75) is 44.7 Å². The van der Waals surface area contributed by atoms with Crippen molar-refractivity contribution in [1.82, 2.24) is 39.1 Å². The number of nitrogens with zero attached hydrogens (tertiary/aromatic N) is 7. The standard InChI is InChI=1S/C26H24ClIN8O3/c1-2-39-23(37)9-21(19-12-35-11-16(15-3-4-15)5-6-22(35)31-19)36-13-20(32-33-36)26(38)29-10-18-25-24(28)17(27)7-8-34(25)14-30-18/h5-8,11-15,21H,2-4,9-10H2,1H3,(H,29,38). The van der Waals surface area contributed by atoms with Crippen molar-refractivity contribution in [2.24, 2.45) is 0 Å². The molecule has 200 valence electrons. The van der Waals surface area contributed by atoms with Gasteiger partial charge >= 0.3 is 5.97 Å². The molecule has 6 rings (SSSR count). The summed E-state index contributed by atoms with van der Waals surface area (Å²) >= 11 is 8.43. The van der Waals surface area contributed by atoms with E-state index in [4.69, 9.17) is 21.3 Å². The van der Waals surface area contributed by atoms with E-state index in [1.807, 2.05) is 27.3 Å². The number of ether oxygens (including phenoxy) is 1. The van der Waals surface area contributed by atoms with Gasteiger partial charge in [0.25, 0.3) is 5.91 Å². The summed E-state index contributed by atoms with van der Waals surface area (Å²) in [4.78, 5) is 34.6. The summed E-state index contributed by atoms with van der Waals surface area (Å²) < 4.78 is 11.4. The summed E-state index contributed by atoms with van der Waals surface area (Å²) in [7, 11) is 0. The van der Waals surface area contributed by atoms with E-state index in [0.29, 0.717) is 22.3 Å². The van der Waals surface area contributed by atoms with Crippen molar-refractivity contribution < 1.29 is 14.3 Å². The van der Waals surface area contributed by atoms with Gasteiger partial charge in [-0.3, -0.25) is 9.59 Å². The molecule has 0 bridgehead atoms. The molecule has 0 aromatic carbocycles. The quantitative estimate of drug-likeness (QED) is 0.186. The van der Waals surface area contributed by atoms with Crippen LogP contribution in [0.4, 0.5) is 0 Å². The van der Waals surface area contributed by atoms with Gasteiger partial charge in [0.2, 0.25) is 0 Å². The minimum absolute atomic E-state index is 0.00251. The smallest absolute Gasteiger partial charge is 0.308 e. The Kier molecular flexibility index (Phi) is 6.97. The monoisotopic (exact) mass is 658 g/mol. The largest absolute Gasteiger partial charge is 0.466 e. The zero-order chi connectivity index (χ0) is 27.1. The lowest BCUT2D eigenvalue weighted by atomic mass is 10.1. The van der Waals surface area contributed by atoms with Crippen molar-refractivity contribution >= 4 is 57.2 Å². The number of carbonyl (C=O) groups excluding carboxylic acids is 2. The van der Waals surface area contributed by atoms with Gasteiger partial charge in [-0.15, -0.1) is 5.10 Å². The van der Waals surface area contributed by atoms with E-state index in [9.17, 15) is 9.59 Å². The van der Waals surface area contributed by atoms with Crippen molar-refractivity contribution in [2.75, 3.05) is 6.61 Å². The average Bonchev–Trinajstić information content (AvgIpc) is 3.32. The molecule has 5 aromatic heterocycles. The molecule has 1 aliphatic rings. The third-order valence-corrected chi connectivity index (χ3v) is 8.42. The molecule has 0 saturated heterocycles. The van der Waals surface area contributed by atoms with Crippen LogP contribution in [0.3, 0.4) is 0 Å². The lowest BCUT2D eigenvalue weighted by molar-refractivity contribution is -0.143. The maximum absolute atomic E-state index is 13.0.